The summed E-state index contributed by atoms with van der Waals surface area (Å²) in [6.45, 7) is 9.91. The van der Waals surface area contributed by atoms with Gasteiger partial charge >= 0.3 is 12.2 Å². The normalized spacial score (nSPS) is 16.7. The molecule has 1 aliphatic heterocycles. The van der Waals surface area contributed by atoms with Crippen LogP contribution in [0, 0.1) is 11.6 Å². The van der Waals surface area contributed by atoms with Gasteiger partial charge in [-0.15, -0.1) is 0 Å². The molecular formula is C23H34F2N2O5. The summed E-state index contributed by atoms with van der Waals surface area (Å²) >= 11 is 0. The highest BCUT2D eigenvalue weighted by Crippen LogP contribution is 2.23. The lowest BCUT2D eigenvalue weighted by Gasteiger charge is -2.40. The quantitative estimate of drug-likeness (QED) is 0.533. The van der Waals surface area contributed by atoms with Crippen LogP contribution in [0.25, 0.3) is 0 Å². The zero-order valence-corrected chi connectivity index (χ0v) is 19.6. The van der Waals surface area contributed by atoms with Gasteiger partial charge in [-0.2, -0.15) is 0 Å². The Morgan fingerprint density at radius 1 is 1.09 bits per heavy atom. The average molecular weight is 457 g/mol. The third kappa shape index (κ3) is 7.24. The van der Waals surface area contributed by atoms with Gasteiger partial charge in [0.25, 0.3) is 0 Å². The van der Waals surface area contributed by atoms with E-state index in [1.54, 1.807) is 25.7 Å². The molecule has 0 aliphatic carbocycles. The van der Waals surface area contributed by atoms with Crippen LogP contribution in [0.2, 0.25) is 0 Å². The average Bonchev–Trinajstić information content (AvgIpc) is 2.71. The van der Waals surface area contributed by atoms with Crippen LogP contribution in [0.1, 0.15) is 59.4 Å². The maximum Gasteiger partial charge on any atom is 0.410 e. The van der Waals surface area contributed by atoms with Crippen molar-refractivity contribution in [3.8, 4) is 5.75 Å². The van der Waals surface area contributed by atoms with Gasteiger partial charge in [-0.05, 0) is 33.6 Å². The lowest BCUT2D eigenvalue weighted by Crippen LogP contribution is -2.57. The highest BCUT2D eigenvalue weighted by molar-refractivity contribution is 5.71. The van der Waals surface area contributed by atoms with Crippen molar-refractivity contribution >= 4 is 12.2 Å². The molecule has 1 heterocycles. The zero-order valence-electron chi connectivity index (χ0n) is 19.6. The van der Waals surface area contributed by atoms with E-state index in [-0.39, 0.29) is 30.4 Å². The largest absolute Gasteiger partial charge is 0.493 e. The first-order chi connectivity index (χ1) is 15.1. The van der Waals surface area contributed by atoms with Crippen molar-refractivity contribution in [2.45, 2.75) is 72.1 Å². The smallest absolute Gasteiger partial charge is 0.410 e. The van der Waals surface area contributed by atoms with Gasteiger partial charge in [0.1, 0.15) is 29.6 Å². The lowest BCUT2D eigenvalue weighted by atomic mass is 10.1. The number of halogens is 2. The minimum Gasteiger partial charge on any atom is -0.493 e. The van der Waals surface area contributed by atoms with Crippen molar-refractivity contribution in [2.24, 2.45) is 0 Å². The Balaban J connectivity index is 1.96. The molecular weight excluding hydrogens is 422 g/mol. The minimum atomic E-state index is -0.828. The molecule has 0 radical (unpaired) electrons. The second kappa shape index (κ2) is 11.3. The summed E-state index contributed by atoms with van der Waals surface area (Å²) in [5, 5.41) is 0. The highest BCUT2D eigenvalue weighted by Gasteiger charge is 2.34. The Morgan fingerprint density at radius 2 is 1.75 bits per heavy atom. The molecule has 1 aromatic carbocycles. The third-order valence-electron chi connectivity index (χ3n) is 5.06. The Kier molecular flexibility index (Phi) is 9.09. The molecule has 0 bridgehead atoms. The first-order valence-corrected chi connectivity index (χ1v) is 11.1. The Bertz CT molecular complexity index is 774. The molecule has 0 unspecified atom stereocenters. The van der Waals surface area contributed by atoms with Gasteiger partial charge in [-0.25, -0.2) is 18.4 Å². The number of benzene rings is 1. The van der Waals surface area contributed by atoms with Crippen LogP contribution in [-0.4, -0.2) is 59.9 Å². The molecule has 1 atom stereocenters. The van der Waals surface area contributed by atoms with E-state index in [2.05, 4.69) is 0 Å². The molecule has 1 aromatic rings. The molecule has 1 aliphatic rings. The molecule has 7 nitrogen and oxygen atoms in total. The predicted molar refractivity (Wildman–Crippen MR) is 116 cm³/mol. The van der Waals surface area contributed by atoms with Gasteiger partial charge in [-0.1, -0.05) is 20.3 Å². The molecule has 2 amide bonds. The van der Waals surface area contributed by atoms with Crippen molar-refractivity contribution in [3.05, 3.63) is 29.3 Å². The van der Waals surface area contributed by atoms with Gasteiger partial charge in [-0.3, -0.25) is 0 Å². The van der Waals surface area contributed by atoms with E-state index in [0.717, 1.165) is 25.0 Å². The van der Waals surface area contributed by atoms with E-state index in [0.29, 0.717) is 19.6 Å². The number of hydrogen-bond acceptors (Lipinski definition) is 5. The number of hydrogen-bond donors (Lipinski definition) is 0. The number of amides is 2. The van der Waals surface area contributed by atoms with Gasteiger partial charge < -0.3 is 24.0 Å². The fourth-order valence-electron chi connectivity index (χ4n) is 3.29. The van der Waals surface area contributed by atoms with Crippen LogP contribution in [0.5, 0.6) is 5.75 Å². The first-order valence-electron chi connectivity index (χ1n) is 11.1. The summed E-state index contributed by atoms with van der Waals surface area (Å²) in [7, 11) is 0. The highest BCUT2D eigenvalue weighted by atomic mass is 19.1. The van der Waals surface area contributed by atoms with Crippen molar-refractivity contribution < 1.29 is 32.6 Å². The van der Waals surface area contributed by atoms with Crippen molar-refractivity contribution in [1.29, 1.82) is 0 Å². The molecule has 9 heteroatoms. The number of piperazine rings is 1. The van der Waals surface area contributed by atoms with Crippen LogP contribution in [-0.2, 0) is 16.1 Å². The van der Waals surface area contributed by atoms with Crippen molar-refractivity contribution in [2.75, 3.05) is 26.2 Å². The number of rotatable bonds is 7. The van der Waals surface area contributed by atoms with Crippen molar-refractivity contribution in [1.82, 2.24) is 9.80 Å². The maximum absolute atomic E-state index is 14.3. The number of carbonyl (C=O) groups is 2. The molecule has 1 saturated heterocycles. The molecule has 2 rings (SSSR count). The SMILES string of the molecule is CCCCOc1cc(F)c(COC(=O)N2CCN(C(=O)OC(C)(C)C)C[C@H]2CC)c(F)c1. The fraction of sp³-hybridized carbons (Fsp3) is 0.652. The van der Waals surface area contributed by atoms with Gasteiger partial charge in [0.15, 0.2) is 0 Å². The summed E-state index contributed by atoms with van der Waals surface area (Å²) in [6.07, 6.45) is 1.16. The minimum absolute atomic E-state index is 0.104. The van der Waals surface area contributed by atoms with E-state index < -0.39 is 36.0 Å². The predicted octanol–water partition coefficient (Wildman–Crippen LogP) is 5.11. The van der Waals surface area contributed by atoms with E-state index in [1.807, 2.05) is 13.8 Å². The molecule has 0 aromatic heterocycles. The van der Waals surface area contributed by atoms with E-state index in [1.165, 1.54) is 4.90 Å². The molecule has 0 N–H and O–H groups in total. The first kappa shape index (κ1) is 25.7. The van der Waals surface area contributed by atoms with Gasteiger partial charge in [0.2, 0.25) is 0 Å². The molecule has 0 spiro atoms. The second-order valence-electron chi connectivity index (χ2n) is 8.80. The number of carbonyl (C=O) groups excluding carboxylic acids is 2. The molecule has 1 fully saturated rings. The van der Waals surface area contributed by atoms with Gasteiger partial charge in [0.05, 0.1) is 18.2 Å². The molecule has 0 saturated carbocycles. The molecule has 180 valence electrons. The van der Waals surface area contributed by atoms with Crippen LogP contribution in [0.15, 0.2) is 12.1 Å². The fourth-order valence-corrected chi connectivity index (χ4v) is 3.29. The maximum atomic E-state index is 14.3. The Hall–Kier alpha value is -2.58. The summed E-state index contributed by atoms with van der Waals surface area (Å²) < 4.78 is 44.6. The topological polar surface area (TPSA) is 68.3 Å². The summed E-state index contributed by atoms with van der Waals surface area (Å²) in [5.74, 6) is -1.55. The van der Waals surface area contributed by atoms with E-state index >= 15 is 0 Å². The van der Waals surface area contributed by atoms with Crippen molar-refractivity contribution in [3.63, 3.8) is 0 Å². The number of unbranched alkanes of at least 4 members (excludes halogenated alkanes) is 1. The van der Waals surface area contributed by atoms with Crippen LogP contribution >= 0.6 is 0 Å². The van der Waals surface area contributed by atoms with E-state index in [4.69, 9.17) is 14.2 Å². The number of nitrogens with zero attached hydrogens (tertiary/aromatic N) is 2. The monoisotopic (exact) mass is 456 g/mol. The van der Waals surface area contributed by atoms with Crippen LogP contribution in [0.4, 0.5) is 18.4 Å². The van der Waals surface area contributed by atoms with Crippen LogP contribution < -0.4 is 4.74 Å². The van der Waals surface area contributed by atoms with E-state index in [9.17, 15) is 18.4 Å². The summed E-state index contributed by atoms with van der Waals surface area (Å²) in [4.78, 5) is 28.0. The standard InChI is InChI=1S/C23H34F2N2O5/c1-6-8-11-30-17-12-19(24)18(20(25)13-17)15-31-22(29)27-10-9-26(14-16(27)7-2)21(28)32-23(3,4)5/h12-13,16H,6-11,14-15H2,1-5H3/t16-/m1/s1. The Morgan fingerprint density at radius 3 is 2.31 bits per heavy atom. The summed E-state index contributed by atoms with van der Waals surface area (Å²) in [6, 6.07) is 1.90. The third-order valence-corrected chi connectivity index (χ3v) is 5.06. The van der Waals surface area contributed by atoms with Gasteiger partial charge in [0, 0.05) is 31.8 Å². The lowest BCUT2D eigenvalue weighted by molar-refractivity contribution is 0.000527. The summed E-state index contributed by atoms with van der Waals surface area (Å²) in [5.41, 5.74) is -0.943. The Labute approximate surface area is 188 Å². The number of ether oxygens (including phenoxy) is 3. The van der Waals surface area contributed by atoms with Crippen LogP contribution in [0.3, 0.4) is 0 Å². The second-order valence-corrected chi connectivity index (χ2v) is 8.80. The molecule has 32 heavy (non-hydrogen) atoms. The zero-order chi connectivity index (χ0) is 23.9.